The predicted molar refractivity (Wildman–Crippen MR) is 89.0 cm³/mol. The van der Waals surface area contributed by atoms with Gasteiger partial charge >= 0.3 is 0 Å². The summed E-state index contributed by atoms with van der Waals surface area (Å²) in [6.45, 7) is 5.59. The maximum Gasteiger partial charge on any atom is 0.289 e. The van der Waals surface area contributed by atoms with Crippen LogP contribution in [0, 0.1) is 18.8 Å². The number of benzene rings is 1. The zero-order valence-corrected chi connectivity index (χ0v) is 13.8. The van der Waals surface area contributed by atoms with Crippen molar-refractivity contribution in [2.75, 3.05) is 26.2 Å². The summed E-state index contributed by atoms with van der Waals surface area (Å²) in [4.78, 5) is 14.7. The van der Waals surface area contributed by atoms with Gasteiger partial charge in [-0.05, 0) is 24.8 Å². The highest BCUT2D eigenvalue weighted by atomic mass is 35.5. The first-order chi connectivity index (χ1) is 10.1. The van der Waals surface area contributed by atoms with Gasteiger partial charge < -0.3 is 14.6 Å². The molecule has 0 radical (unpaired) electrons. The van der Waals surface area contributed by atoms with Gasteiger partial charge in [0.15, 0.2) is 11.3 Å². The minimum absolute atomic E-state index is 0. The standard InChI is InChI=1S/C16H17ClN2O2.ClH/c1-9-12-3-2-4-13(17)15(12)21-14(9)16(20)19-7-10-5-18-6-11(10)8-19;/h2-4,10-11,18H,5-8H2,1H3;1H/t10-,11+;. The molecule has 2 aliphatic heterocycles. The van der Waals surface area contributed by atoms with Gasteiger partial charge in [0, 0.05) is 37.1 Å². The van der Waals surface area contributed by atoms with Crippen molar-refractivity contribution in [3.05, 3.63) is 34.5 Å². The van der Waals surface area contributed by atoms with Gasteiger partial charge in [0.1, 0.15) is 0 Å². The summed E-state index contributed by atoms with van der Waals surface area (Å²) in [5.41, 5.74) is 1.49. The van der Waals surface area contributed by atoms with Crippen LogP contribution in [0.3, 0.4) is 0 Å². The number of fused-ring (bicyclic) bond motifs is 2. The van der Waals surface area contributed by atoms with Crippen molar-refractivity contribution in [2.45, 2.75) is 6.92 Å². The van der Waals surface area contributed by atoms with Crippen LogP contribution >= 0.6 is 24.0 Å². The van der Waals surface area contributed by atoms with E-state index in [0.717, 1.165) is 37.1 Å². The molecule has 6 heteroatoms. The molecule has 3 heterocycles. The van der Waals surface area contributed by atoms with Crippen LogP contribution in [0.4, 0.5) is 0 Å². The van der Waals surface area contributed by atoms with E-state index in [0.29, 0.717) is 28.2 Å². The SMILES string of the molecule is Cc1c(C(=O)N2C[C@H]3CNC[C@H]3C2)oc2c(Cl)cccc12.Cl. The summed E-state index contributed by atoms with van der Waals surface area (Å²) in [7, 11) is 0. The number of amides is 1. The number of carbonyl (C=O) groups is 1. The number of halogens is 2. The summed E-state index contributed by atoms with van der Waals surface area (Å²) in [5, 5.41) is 4.86. The predicted octanol–water partition coefficient (Wildman–Crippen LogP) is 3.11. The number of aryl methyl sites for hydroxylation is 1. The van der Waals surface area contributed by atoms with Crippen molar-refractivity contribution < 1.29 is 9.21 Å². The monoisotopic (exact) mass is 340 g/mol. The fraction of sp³-hybridized carbons (Fsp3) is 0.438. The molecule has 0 unspecified atom stereocenters. The molecule has 118 valence electrons. The van der Waals surface area contributed by atoms with E-state index in [-0.39, 0.29) is 18.3 Å². The molecule has 4 nitrogen and oxygen atoms in total. The maximum absolute atomic E-state index is 12.7. The summed E-state index contributed by atoms with van der Waals surface area (Å²) in [6, 6.07) is 5.61. The molecule has 0 spiro atoms. The molecule has 0 saturated carbocycles. The smallest absolute Gasteiger partial charge is 0.289 e. The lowest BCUT2D eigenvalue weighted by Crippen LogP contribution is -2.31. The molecule has 2 aromatic rings. The highest BCUT2D eigenvalue weighted by Crippen LogP contribution is 2.33. The van der Waals surface area contributed by atoms with E-state index in [1.165, 1.54) is 0 Å². The van der Waals surface area contributed by atoms with Crippen molar-refractivity contribution >= 4 is 40.9 Å². The number of carbonyl (C=O) groups excluding carboxylic acids is 1. The molecule has 1 aromatic carbocycles. The zero-order chi connectivity index (χ0) is 14.6. The number of likely N-dealkylation sites (tertiary alicyclic amines) is 1. The molecule has 22 heavy (non-hydrogen) atoms. The summed E-state index contributed by atoms with van der Waals surface area (Å²) in [6.07, 6.45) is 0. The first-order valence-electron chi connectivity index (χ1n) is 7.32. The molecule has 2 fully saturated rings. The maximum atomic E-state index is 12.7. The third-order valence-corrected chi connectivity index (χ3v) is 5.08. The molecule has 1 aromatic heterocycles. The first kappa shape index (κ1) is 15.7. The average molecular weight is 341 g/mol. The summed E-state index contributed by atoms with van der Waals surface area (Å²) >= 11 is 6.16. The van der Waals surface area contributed by atoms with Gasteiger partial charge in [0.2, 0.25) is 0 Å². The van der Waals surface area contributed by atoms with Crippen molar-refractivity contribution in [1.82, 2.24) is 10.2 Å². The van der Waals surface area contributed by atoms with Crippen molar-refractivity contribution in [2.24, 2.45) is 11.8 Å². The Balaban J connectivity index is 0.00000144. The highest BCUT2D eigenvalue weighted by molar-refractivity contribution is 6.35. The fourth-order valence-electron chi connectivity index (χ4n) is 3.58. The van der Waals surface area contributed by atoms with Gasteiger partial charge in [-0.25, -0.2) is 0 Å². The molecule has 2 atom stereocenters. The largest absolute Gasteiger partial charge is 0.449 e. The molecule has 0 bridgehead atoms. The van der Waals surface area contributed by atoms with E-state index in [1.54, 1.807) is 6.07 Å². The number of para-hydroxylation sites is 1. The highest BCUT2D eigenvalue weighted by Gasteiger charge is 2.39. The Hall–Kier alpha value is -1.23. The lowest BCUT2D eigenvalue weighted by molar-refractivity contribution is 0.0751. The Morgan fingerprint density at radius 3 is 2.64 bits per heavy atom. The fourth-order valence-corrected chi connectivity index (χ4v) is 3.79. The summed E-state index contributed by atoms with van der Waals surface area (Å²) < 4.78 is 5.79. The van der Waals surface area contributed by atoms with Crippen molar-refractivity contribution in [1.29, 1.82) is 0 Å². The minimum Gasteiger partial charge on any atom is -0.449 e. The molecular formula is C16H18Cl2N2O2. The second-order valence-corrected chi connectivity index (χ2v) is 6.47. The Morgan fingerprint density at radius 1 is 1.32 bits per heavy atom. The van der Waals surface area contributed by atoms with Crippen molar-refractivity contribution in [3.8, 4) is 0 Å². The van der Waals surface area contributed by atoms with Crippen LogP contribution in [-0.4, -0.2) is 37.0 Å². The van der Waals surface area contributed by atoms with Gasteiger partial charge in [0.05, 0.1) is 5.02 Å². The molecule has 2 aliphatic rings. The van der Waals surface area contributed by atoms with Gasteiger partial charge in [0.25, 0.3) is 5.91 Å². The third kappa shape index (κ3) is 2.30. The number of furan rings is 1. The van der Waals surface area contributed by atoms with Gasteiger partial charge in [-0.2, -0.15) is 0 Å². The molecule has 0 aliphatic carbocycles. The Labute approximate surface area is 140 Å². The molecule has 1 amide bonds. The lowest BCUT2D eigenvalue weighted by Gasteiger charge is -2.16. The lowest BCUT2D eigenvalue weighted by atomic mass is 10.0. The van der Waals surface area contributed by atoms with Crippen LogP contribution < -0.4 is 5.32 Å². The Bertz CT molecular complexity index is 716. The minimum atomic E-state index is -0.00540. The quantitative estimate of drug-likeness (QED) is 0.867. The van der Waals surface area contributed by atoms with Gasteiger partial charge in [-0.1, -0.05) is 23.7 Å². The molecule has 1 N–H and O–H groups in total. The number of rotatable bonds is 1. The summed E-state index contributed by atoms with van der Waals surface area (Å²) in [5.74, 6) is 1.60. The van der Waals surface area contributed by atoms with Gasteiger partial charge in [-0.15, -0.1) is 12.4 Å². The number of nitrogens with one attached hydrogen (secondary N) is 1. The third-order valence-electron chi connectivity index (χ3n) is 4.79. The van der Waals surface area contributed by atoms with E-state index in [2.05, 4.69) is 5.32 Å². The van der Waals surface area contributed by atoms with E-state index in [1.807, 2.05) is 24.0 Å². The molecule has 2 saturated heterocycles. The van der Waals surface area contributed by atoms with E-state index in [4.69, 9.17) is 16.0 Å². The Morgan fingerprint density at radius 2 is 2.00 bits per heavy atom. The number of nitrogens with zero attached hydrogens (tertiary/aromatic N) is 1. The number of hydrogen-bond acceptors (Lipinski definition) is 3. The average Bonchev–Trinajstić information content (AvgIpc) is 3.12. The zero-order valence-electron chi connectivity index (χ0n) is 12.3. The van der Waals surface area contributed by atoms with Crippen LogP contribution in [0.25, 0.3) is 11.0 Å². The second kappa shape index (κ2) is 5.76. The molecule has 4 rings (SSSR count). The Kier molecular flexibility index (Phi) is 4.10. The van der Waals surface area contributed by atoms with Crippen LogP contribution in [-0.2, 0) is 0 Å². The van der Waals surface area contributed by atoms with Crippen LogP contribution in [0.2, 0.25) is 5.02 Å². The van der Waals surface area contributed by atoms with Crippen molar-refractivity contribution in [3.63, 3.8) is 0 Å². The normalized spacial score (nSPS) is 23.6. The van der Waals surface area contributed by atoms with Crippen LogP contribution in [0.1, 0.15) is 16.1 Å². The first-order valence-corrected chi connectivity index (χ1v) is 7.70. The second-order valence-electron chi connectivity index (χ2n) is 6.06. The van der Waals surface area contributed by atoms with Crippen LogP contribution in [0.15, 0.2) is 22.6 Å². The van der Waals surface area contributed by atoms with Gasteiger partial charge in [-0.3, -0.25) is 4.79 Å². The van der Waals surface area contributed by atoms with E-state index in [9.17, 15) is 4.79 Å². The molecular weight excluding hydrogens is 323 g/mol. The van der Waals surface area contributed by atoms with Crippen LogP contribution in [0.5, 0.6) is 0 Å². The van der Waals surface area contributed by atoms with E-state index < -0.39 is 0 Å². The van der Waals surface area contributed by atoms with E-state index >= 15 is 0 Å². The number of hydrogen-bond donors (Lipinski definition) is 1. The topological polar surface area (TPSA) is 45.5 Å².